The Morgan fingerprint density at radius 3 is 3.00 bits per heavy atom. The van der Waals surface area contributed by atoms with Gasteiger partial charge in [0.2, 0.25) is 0 Å². The Balaban J connectivity index is 1.50. The second kappa shape index (κ2) is 7.60. The van der Waals surface area contributed by atoms with Crippen LogP contribution in [0.4, 0.5) is 0 Å². The van der Waals surface area contributed by atoms with Crippen LogP contribution in [0.1, 0.15) is 38.9 Å². The first-order valence-corrected chi connectivity index (χ1v) is 7.55. The van der Waals surface area contributed by atoms with Crippen LogP contribution in [0.25, 0.3) is 0 Å². The molecule has 1 aliphatic rings. The molecule has 0 unspecified atom stereocenters. The van der Waals surface area contributed by atoms with Gasteiger partial charge >= 0.3 is 0 Å². The normalized spacial score (nSPS) is 15.9. The van der Waals surface area contributed by atoms with Crippen LogP contribution in [0.5, 0.6) is 0 Å². The van der Waals surface area contributed by atoms with Crippen molar-refractivity contribution in [1.29, 1.82) is 0 Å². The summed E-state index contributed by atoms with van der Waals surface area (Å²) in [4.78, 5) is 2.49. The summed E-state index contributed by atoms with van der Waals surface area (Å²) in [6.07, 6.45) is 5.73. The standard InChI is InChI=1S/C14H27N5/c1-13(2)10-15-6-4-3-5-7-18-8-9-19-12-16-17-14(19)11-18/h12-13,15H,3-11H2,1-2H3. The first-order chi connectivity index (χ1) is 9.25. The topological polar surface area (TPSA) is 46.0 Å². The van der Waals surface area contributed by atoms with Gasteiger partial charge in [0.15, 0.2) is 0 Å². The number of fused-ring (bicyclic) bond motifs is 1. The lowest BCUT2D eigenvalue weighted by Crippen LogP contribution is -2.34. The Bertz CT molecular complexity index is 360. The molecule has 0 aliphatic carbocycles. The first-order valence-electron chi connectivity index (χ1n) is 7.55. The highest BCUT2D eigenvalue weighted by Crippen LogP contribution is 2.10. The predicted molar refractivity (Wildman–Crippen MR) is 76.9 cm³/mol. The van der Waals surface area contributed by atoms with E-state index in [1.165, 1.54) is 25.8 Å². The Kier molecular flexibility index (Phi) is 5.79. The quantitative estimate of drug-likeness (QED) is 0.724. The zero-order valence-electron chi connectivity index (χ0n) is 12.3. The maximum absolute atomic E-state index is 4.15. The Hall–Kier alpha value is -0.940. The minimum absolute atomic E-state index is 0.755. The summed E-state index contributed by atoms with van der Waals surface area (Å²) in [6.45, 7) is 11.1. The molecule has 0 aromatic carbocycles. The SMILES string of the molecule is CC(C)CNCCCCCN1CCn2cnnc2C1. The molecule has 0 bridgehead atoms. The number of unbranched alkanes of at least 4 members (excludes halogenated alkanes) is 2. The third kappa shape index (κ3) is 4.91. The van der Waals surface area contributed by atoms with Gasteiger partial charge in [-0.2, -0.15) is 0 Å². The predicted octanol–water partition coefficient (Wildman–Crippen LogP) is 1.51. The molecule has 0 spiro atoms. The van der Waals surface area contributed by atoms with E-state index in [1.54, 1.807) is 0 Å². The molecule has 2 rings (SSSR count). The maximum atomic E-state index is 4.15. The van der Waals surface area contributed by atoms with Crippen molar-refractivity contribution >= 4 is 0 Å². The van der Waals surface area contributed by atoms with Gasteiger partial charge in [0.05, 0.1) is 6.54 Å². The minimum atomic E-state index is 0.755. The highest BCUT2D eigenvalue weighted by atomic mass is 15.3. The first kappa shape index (κ1) is 14.5. The van der Waals surface area contributed by atoms with Crippen LogP contribution in [-0.4, -0.2) is 45.8 Å². The van der Waals surface area contributed by atoms with Crippen LogP contribution in [-0.2, 0) is 13.1 Å². The number of nitrogens with one attached hydrogen (secondary N) is 1. The summed E-state index contributed by atoms with van der Waals surface area (Å²) in [6, 6.07) is 0. The fraction of sp³-hybridized carbons (Fsp3) is 0.857. The molecule has 1 aromatic rings. The van der Waals surface area contributed by atoms with E-state index in [1.807, 2.05) is 6.33 Å². The fourth-order valence-electron chi connectivity index (χ4n) is 2.46. The van der Waals surface area contributed by atoms with Crippen LogP contribution in [0.3, 0.4) is 0 Å². The van der Waals surface area contributed by atoms with E-state index in [0.29, 0.717) is 0 Å². The van der Waals surface area contributed by atoms with Crippen LogP contribution >= 0.6 is 0 Å². The molecule has 0 atom stereocenters. The monoisotopic (exact) mass is 265 g/mol. The molecule has 1 aromatic heterocycles. The van der Waals surface area contributed by atoms with Crippen LogP contribution in [0.2, 0.25) is 0 Å². The molecule has 0 fully saturated rings. The molecule has 2 heterocycles. The molecular weight excluding hydrogens is 238 g/mol. The lowest BCUT2D eigenvalue weighted by atomic mass is 10.2. The number of hydrogen-bond acceptors (Lipinski definition) is 4. The van der Waals surface area contributed by atoms with E-state index >= 15 is 0 Å². The van der Waals surface area contributed by atoms with Gasteiger partial charge in [-0.1, -0.05) is 20.3 Å². The second-order valence-corrected chi connectivity index (χ2v) is 5.88. The molecule has 0 radical (unpaired) electrons. The van der Waals surface area contributed by atoms with Crippen LogP contribution < -0.4 is 5.32 Å². The number of hydrogen-bond donors (Lipinski definition) is 1. The summed E-state index contributed by atoms with van der Waals surface area (Å²) < 4.78 is 2.16. The third-order valence-corrected chi connectivity index (χ3v) is 3.60. The van der Waals surface area contributed by atoms with Crippen LogP contribution in [0, 0.1) is 5.92 Å². The van der Waals surface area contributed by atoms with Crippen molar-refractivity contribution in [3.05, 3.63) is 12.2 Å². The number of aromatic nitrogens is 3. The van der Waals surface area contributed by atoms with E-state index in [9.17, 15) is 0 Å². The number of rotatable bonds is 8. The average molecular weight is 265 g/mol. The summed E-state index contributed by atoms with van der Waals surface area (Å²) in [5, 5.41) is 11.6. The molecule has 19 heavy (non-hydrogen) atoms. The van der Waals surface area contributed by atoms with E-state index in [4.69, 9.17) is 0 Å². The molecule has 5 nitrogen and oxygen atoms in total. The van der Waals surface area contributed by atoms with E-state index in [2.05, 4.69) is 38.8 Å². The smallest absolute Gasteiger partial charge is 0.147 e. The lowest BCUT2D eigenvalue weighted by molar-refractivity contribution is 0.212. The molecule has 0 saturated heterocycles. The second-order valence-electron chi connectivity index (χ2n) is 5.88. The van der Waals surface area contributed by atoms with Gasteiger partial charge in [-0.05, 0) is 38.4 Å². The molecular formula is C14H27N5. The van der Waals surface area contributed by atoms with Crippen molar-refractivity contribution in [2.24, 2.45) is 5.92 Å². The van der Waals surface area contributed by atoms with Gasteiger partial charge in [0, 0.05) is 13.1 Å². The molecule has 108 valence electrons. The van der Waals surface area contributed by atoms with E-state index in [0.717, 1.165) is 44.5 Å². The highest BCUT2D eigenvalue weighted by Gasteiger charge is 2.16. The molecule has 0 saturated carbocycles. The van der Waals surface area contributed by atoms with Crippen molar-refractivity contribution in [1.82, 2.24) is 25.0 Å². The van der Waals surface area contributed by atoms with Gasteiger partial charge in [-0.15, -0.1) is 10.2 Å². The van der Waals surface area contributed by atoms with Gasteiger partial charge in [0.25, 0.3) is 0 Å². The lowest BCUT2D eigenvalue weighted by Gasteiger charge is -2.26. The van der Waals surface area contributed by atoms with Crippen molar-refractivity contribution in [2.45, 2.75) is 46.2 Å². The van der Waals surface area contributed by atoms with E-state index < -0.39 is 0 Å². The maximum Gasteiger partial charge on any atom is 0.147 e. The van der Waals surface area contributed by atoms with Gasteiger partial charge < -0.3 is 9.88 Å². The zero-order chi connectivity index (χ0) is 13.5. The van der Waals surface area contributed by atoms with Crippen molar-refractivity contribution < 1.29 is 0 Å². The third-order valence-electron chi connectivity index (χ3n) is 3.60. The van der Waals surface area contributed by atoms with Gasteiger partial charge in [-0.3, -0.25) is 4.90 Å². The summed E-state index contributed by atoms with van der Waals surface area (Å²) in [7, 11) is 0. The number of nitrogens with zero attached hydrogens (tertiary/aromatic N) is 4. The summed E-state index contributed by atoms with van der Waals surface area (Å²) in [5.41, 5.74) is 0. The molecule has 1 N–H and O–H groups in total. The summed E-state index contributed by atoms with van der Waals surface area (Å²) >= 11 is 0. The van der Waals surface area contributed by atoms with Crippen LogP contribution in [0.15, 0.2) is 6.33 Å². The average Bonchev–Trinajstić information content (AvgIpc) is 2.84. The largest absolute Gasteiger partial charge is 0.316 e. The van der Waals surface area contributed by atoms with Crippen molar-refractivity contribution in [3.8, 4) is 0 Å². The Labute approximate surface area is 116 Å². The fourth-order valence-corrected chi connectivity index (χ4v) is 2.46. The van der Waals surface area contributed by atoms with Crippen molar-refractivity contribution in [3.63, 3.8) is 0 Å². The molecule has 1 aliphatic heterocycles. The molecule has 5 heteroatoms. The Morgan fingerprint density at radius 1 is 1.26 bits per heavy atom. The zero-order valence-corrected chi connectivity index (χ0v) is 12.3. The van der Waals surface area contributed by atoms with Gasteiger partial charge in [0.1, 0.15) is 12.2 Å². The van der Waals surface area contributed by atoms with Gasteiger partial charge in [-0.25, -0.2) is 0 Å². The summed E-state index contributed by atoms with van der Waals surface area (Å²) in [5.74, 6) is 1.87. The minimum Gasteiger partial charge on any atom is -0.316 e. The Morgan fingerprint density at radius 2 is 2.16 bits per heavy atom. The highest BCUT2D eigenvalue weighted by molar-refractivity contribution is 4.89. The molecule has 0 amide bonds. The van der Waals surface area contributed by atoms with E-state index in [-0.39, 0.29) is 0 Å². The van der Waals surface area contributed by atoms with Crippen molar-refractivity contribution in [2.75, 3.05) is 26.2 Å².